The van der Waals surface area contributed by atoms with E-state index in [-0.39, 0.29) is 11.4 Å². The zero-order chi connectivity index (χ0) is 15.1. The summed E-state index contributed by atoms with van der Waals surface area (Å²) >= 11 is 0. The molecule has 21 heavy (non-hydrogen) atoms. The molecular formula is C13H18N4O3S. The molecule has 2 aromatic rings. The normalized spacial score (nSPS) is 11.7. The van der Waals surface area contributed by atoms with Gasteiger partial charge in [0.25, 0.3) is 0 Å². The molecule has 2 N–H and O–H groups in total. The molecule has 0 fully saturated rings. The number of nitrogens with one attached hydrogen (secondary N) is 2. The van der Waals surface area contributed by atoms with Crippen molar-refractivity contribution in [2.75, 3.05) is 13.1 Å². The molecule has 8 heteroatoms. The second-order valence-corrected chi connectivity index (χ2v) is 6.19. The third kappa shape index (κ3) is 4.62. The van der Waals surface area contributed by atoms with E-state index in [0.29, 0.717) is 12.2 Å². The van der Waals surface area contributed by atoms with Crippen molar-refractivity contribution in [3.8, 4) is 0 Å². The second-order valence-electron chi connectivity index (χ2n) is 4.42. The first kappa shape index (κ1) is 15.6. The van der Waals surface area contributed by atoms with Crippen molar-refractivity contribution >= 4 is 10.0 Å². The van der Waals surface area contributed by atoms with Gasteiger partial charge in [0.2, 0.25) is 16.4 Å². The van der Waals surface area contributed by atoms with Crippen LogP contribution in [0.2, 0.25) is 0 Å². The van der Waals surface area contributed by atoms with Crippen molar-refractivity contribution < 1.29 is 12.9 Å². The topological polar surface area (TPSA) is 97.1 Å². The maximum Gasteiger partial charge on any atom is 0.240 e. The van der Waals surface area contributed by atoms with Gasteiger partial charge in [0.05, 0.1) is 4.90 Å². The highest BCUT2D eigenvalue weighted by Gasteiger charge is 2.13. The van der Waals surface area contributed by atoms with Gasteiger partial charge in [-0.05, 0) is 24.2 Å². The minimum Gasteiger partial charge on any atom is -0.343 e. The summed E-state index contributed by atoms with van der Waals surface area (Å²) in [6.07, 6.45) is 1.60. The molecule has 0 saturated carbocycles. The van der Waals surface area contributed by atoms with Gasteiger partial charge in [0.15, 0.2) is 5.82 Å². The monoisotopic (exact) mass is 310 g/mol. The van der Waals surface area contributed by atoms with E-state index < -0.39 is 10.0 Å². The summed E-state index contributed by atoms with van der Waals surface area (Å²) < 4.78 is 31.3. The summed E-state index contributed by atoms with van der Waals surface area (Å²) in [6, 6.07) is 6.81. The Bertz CT molecular complexity index is 639. The average Bonchev–Trinajstić information content (AvgIpc) is 2.98. The van der Waals surface area contributed by atoms with Crippen molar-refractivity contribution in [1.82, 2.24) is 20.2 Å². The minimum atomic E-state index is -3.51. The van der Waals surface area contributed by atoms with Crippen LogP contribution in [-0.4, -0.2) is 31.6 Å². The Morgan fingerprint density at radius 3 is 2.62 bits per heavy atom. The van der Waals surface area contributed by atoms with Gasteiger partial charge in [-0.1, -0.05) is 24.2 Å². The molecule has 0 aliphatic carbocycles. The summed E-state index contributed by atoms with van der Waals surface area (Å²) in [5, 5.41) is 6.81. The molecule has 1 aromatic carbocycles. The lowest BCUT2D eigenvalue weighted by Crippen LogP contribution is -2.26. The fraction of sp³-hybridized carbons (Fsp3) is 0.385. The summed E-state index contributed by atoms with van der Waals surface area (Å²) in [7, 11) is -3.51. The van der Waals surface area contributed by atoms with Gasteiger partial charge in [0.1, 0.15) is 0 Å². The van der Waals surface area contributed by atoms with Gasteiger partial charge < -0.3 is 9.84 Å². The first-order chi connectivity index (χ1) is 10.1. The van der Waals surface area contributed by atoms with Crippen molar-refractivity contribution in [2.24, 2.45) is 0 Å². The van der Waals surface area contributed by atoms with Crippen LogP contribution in [0.5, 0.6) is 0 Å². The molecule has 2 rings (SSSR count). The van der Waals surface area contributed by atoms with E-state index in [4.69, 9.17) is 0 Å². The summed E-state index contributed by atoms with van der Waals surface area (Å²) in [5.74, 6) is 0.471. The van der Waals surface area contributed by atoms with Gasteiger partial charge in [0, 0.05) is 19.5 Å². The van der Waals surface area contributed by atoms with E-state index in [0.717, 1.165) is 18.7 Å². The lowest BCUT2D eigenvalue weighted by atomic mass is 10.2. The molecule has 1 heterocycles. The van der Waals surface area contributed by atoms with Gasteiger partial charge in [-0.2, -0.15) is 4.98 Å². The summed E-state index contributed by atoms with van der Waals surface area (Å²) in [4.78, 5) is 4.08. The van der Waals surface area contributed by atoms with Gasteiger partial charge in [-0.3, -0.25) is 0 Å². The van der Waals surface area contributed by atoms with Crippen LogP contribution in [0.4, 0.5) is 0 Å². The molecule has 7 nitrogen and oxygen atoms in total. The number of hydrogen-bond donors (Lipinski definition) is 2. The highest BCUT2D eigenvalue weighted by Crippen LogP contribution is 2.10. The second kappa shape index (κ2) is 7.30. The third-order valence-corrected chi connectivity index (χ3v) is 4.34. The van der Waals surface area contributed by atoms with Crippen LogP contribution in [0.25, 0.3) is 0 Å². The Morgan fingerprint density at radius 2 is 2.00 bits per heavy atom. The van der Waals surface area contributed by atoms with E-state index in [2.05, 4.69) is 24.7 Å². The van der Waals surface area contributed by atoms with E-state index in [1.165, 1.54) is 6.39 Å². The zero-order valence-corrected chi connectivity index (χ0v) is 12.6. The minimum absolute atomic E-state index is 0.223. The Kier molecular flexibility index (Phi) is 5.43. The Balaban J connectivity index is 1.92. The van der Waals surface area contributed by atoms with Crippen molar-refractivity contribution in [1.29, 1.82) is 0 Å². The van der Waals surface area contributed by atoms with Crippen LogP contribution in [-0.2, 0) is 23.0 Å². The fourth-order valence-electron chi connectivity index (χ4n) is 1.74. The van der Waals surface area contributed by atoms with Crippen molar-refractivity contribution in [3.63, 3.8) is 0 Å². The average molecular weight is 310 g/mol. The molecule has 1 aromatic heterocycles. The lowest BCUT2D eigenvalue weighted by Gasteiger charge is -2.07. The number of rotatable bonds is 8. The zero-order valence-electron chi connectivity index (χ0n) is 11.7. The van der Waals surface area contributed by atoms with Crippen LogP contribution in [0, 0.1) is 0 Å². The van der Waals surface area contributed by atoms with Gasteiger partial charge in [-0.15, -0.1) is 0 Å². The molecule has 0 bridgehead atoms. The highest BCUT2D eigenvalue weighted by molar-refractivity contribution is 7.89. The summed E-state index contributed by atoms with van der Waals surface area (Å²) in [6.45, 7) is 3.84. The molecule has 0 radical (unpaired) electrons. The maximum atomic E-state index is 12.1. The standard InChI is InChI=1S/C13H18N4O3S/c1-2-14-9-11-3-5-12(6-4-11)21(18,19)16-8-7-13-15-10-20-17-13/h3-6,10,14,16H,2,7-9H2,1H3. The SMILES string of the molecule is CCNCc1ccc(S(=O)(=O)NCCc2ncon2)cc1. The fourth-order valence-corrected chi connectivity index (χ4v) is 2.77. The largest absolute Gasteiger partial charge is 0.343 e. The molecule has 0 amide bonds. The molecule has 114 valence electrons. The Hall–Kier alpha value is -1.77. The Morgan fingerprint density at radius 1 is 1.24 bits per heavy atom. The third-order valence-electron chi connectivity index (χ3n) is 2.86. The van der Waals surface area contributed by atoms with Crippen LogP contribution in [0.15, 0.2) is 40.1 Å². The van der Waals surface area contributed by atoms with Gasteiger partial charge >= 0.3 is 0 Å². The van der Waals surface area contributed by atoms with Gasteiger partial charge in [-0.25, -0.2) is 13.1 Å². The van der Waals surface area contributed by atoms with E-state index >= 15 is 0 Å². The highest BCUT2D eigenvalue weighted by atomic mass is 32.2. The predicted octanol–water partition coefficient (Wildman–Crippen LogP) is 0.700. The first-order valence-corrected chi connectivity index (χ1v) is 8.14. The lowest BCUT2D eigenvalue weighted by molar-refractivity contribution is 0.410. The number of sulfonamides is 1. The molecule has 0 aliphatic rings. The Labute approximate surface area is 123 Å². The van der Waals surface area contributed by atoms with E-state index in [1.54, 1.807) is 24.3 Å². The van der Waals surface area contributed by atoms with E-state index in [9.17, 15) is 8.42 Å². The summed E-state index contributed by atoms with van der Waals surface area (Å²) in [5.41, 5.74) is 1.04. The number of aromatic nitrogens is 2. The van der Waals surface area contributed by atoms with E-state index in [1.807, 2.05) is 6.92 Å². The molecule has 0 unspecified atom stereocenters. The quantitative estimate of drug-likeness (QED) is 0.745. The molecule has 0 atom stereocenters. The first-order valence-electron chi connectivity index (χ1n) is 6.66. The van der Waals surface area contributed by atoms with Crippen molar-refractivity contribution in [3.05, 3.63) is 42.0 Å². The van der Waals surface area contributed by atoms with Crippen LogP contribution in [0.3, 0.4) is 0 Å². The predicted molar refractivity (Wildman–Crippen MR) is 77.0 cm³/mol. The number of benzene rings is 1. The van der Waals surface area contributed by atoms with Crippen LogP contribution < -0.4 is 10.0 Å². The number of nitrogens with zero attached hydrogens (tertiary/aromatic N) is 2. The molecule has 0 spiro atoms. The van der Waals surface area contributed by atoms with Crippen LogP contribution >= 0.6 is 0 Å². The molecule has 0 aliphatic heterocycles. The number of hydrogen-bond acceptors (Lipinski definition) is 6. The molecular weight excluding hydrogens is 292 g/mol. The molecule has 0 saturated heterocycles. The maximum absolute atomic E-state index is 12.1. The van der Waals surface area contributed by atoms with Crippen LogP contribution in [0.1, 0.15) is 18.3 Å². The van der Waals surface area contributed by atoms with Crippen molar-refractivity contribution in [2.45, 2.75) is 24.8 Å². The smallest absolute Gasteiger partial charge is 0.240 e.